The molecule has 80 valence electrons. The number of aliphatic imine (C=N–C) groups is 1. The molecule has 0 amide bonds. The van der Waals surface area contributed by atoms with Gasteiger partial charge in [-0.15, -0.1) is 6.58 Å². The summed E-state index contributed by atoms with van der Waals surface area (Å²) in [6.45, 7) is 8.86. The lowest BCUT2D eigenvalue weighted by Crippen LogP contribution is -2.11. The zero-order valence-corrected chi connectivity index (χ0v) is 9.61. The lowest BCUT2D eigenvalue weighted by Gasteiger charge is -2.15. The van der Waals surface area contributed by atoms with Crippen LogP contribution in [-0.4, -0.2) is 6.21 Å². The van der Waals surface area contributed by atoms with Crippen molar-refractivity contribution in [1.82, 2.24) is 0 Å². The molecule has 0 bridgehead atoms. The van der Waals surface area contributed by atoms with Crippen molar-refractivity contribution in [3.05, 3.63) is 48.6 Å². The van der Waals surface area contributed by atoms with Crippen LogP contribution in [0, 0.1) is 5.41 Å². The Morgan fingerprint density at radius 1 is 1.27 bits per heavy atom. The van der Waals surface area contributed by atoms with Crippen LogP contribution in [0.4, 0.5) is 0 Å². The van der Waals surface area contributed by atoms with Gasteiger partial charge in [0.15, 0.2) is 0 Å². The van der Waals surface area contributed by atoms with Crippen molar-refractivity contribution >= 4 is 6.21 Å². The molecule has 0 heterocycles. The fourth-order valence-corrected chi connectivity index (χ4v) is 1.41. The minimum absolute atomic E-state index is 0.122. The topological polar surface area (TPSA) is 12.4 Å². The van der Waals surface area contributed by atoms with E-state index in [1.165, 1.54) is 5.56 Å². The van der Waals surface area contributed by atoms with Crippen LogP contribution in [0.25, 0.3) is 0 Å². The van der Waals surface area contributed by atoms with Crippen LogP contribution in [0.3, 0.4) is 0 Å². The molecule has 0 atom stereocenters. The minimum atomic E-state index is 0.122. The first-order valence-corrected chi connectivity index (χ1v) is 5.30. The molecule has 0 aliphatic rings. The summed E-state index contributed by atoms with van der Waals surface area (Å²) in [6.07, 6.45) is 4.93. The van der Waals surface area contributed by atoms with Crippen LogP contribution < -0.4 is 0 Å². The van der Waals surface area contributed by atoms with Gasteiger partial charge in [0.05, 0.1) is 6.54 Å². The first kappa shape index (κ1) is 11.7. The van der Waals surface area contributed by atoms with Crippen LogP contribution in [-0.2, 0) is 6.54 Å². The van der Waals surface area contributed by atoms with E-state index in [2.05, 4.69) is 37.6 Å². The van der Waals surface area contributed by atoms with E-state index in [4.69, 9.17) is 0 Å². The van der Waals surface area contributed by atoms with Crippen molar-refractivity contribution in [3.63, 3.8) is 0 Å². The Bertz CT molecular complexity index is 322. The summed E-state index contributed by atoms with van der Waals surface area (Å²) >= 11 is 0. The lowest BCUT2D eigenvalue weighted by atomic mass is 9.91. The smallest absolute Gasteiger partial charge is 0.0636 e. The monoisotopic (exact) mass is 201 g/mol. The predicted octanol–water partition coefficient (Wildman–Crippen LogP) is 3.86. The van der Waals surface area contributed by atoms with Crippen molar-refractivity contribution in [2.45, 2.75) is 26.8 Å². The van der Waals surface area contributed by atoms with Gasteiger partial charge in [0.1, 0.15) is 0 Å². The van der Waals surface area contributed by atoms with Gasteiger partial charge in [0.25, 0.3) is 0 Å². The zero-order chi connectivity index (χ0) is 11.1. The number of hydrogen-bond donors (Lipinski definition) is 0. The summed E-state index contributed by atoms with van der Waals surface area (Å²) in [5.74, 6) is 0. The molecule has 0 spiro atoms. The average Bonchev–Trinajstić information content (AvgIpc) is 2.19. The molecule has 0 aliphatic carbocycles. The fourth-order valence-electron chi connectivity index (χ4n) is 1.41. The first-order chi connectivity index (χ1) is 7.14. The maximum atomic E-state index is 4.46. The van der Waals surface area contributed by atoms with Crippen LogP contribution >= 0.6 is 0 Å². The molecular formula is C14H19N. The highest BCUT2D eigenvalue weighted by atomic mass is 14.7. The summed E-state index contributed by atoms with van der Waals surface area (Å²) in [5.41, 5.74) is 1.37. The molecule has 0 N–H and O–H groups in total. The van der Waals surface area contributed by atoms with Crippen LogP contribution in [0.2, 0.25) is 0 Å². The molecule has 0 fully saturated rings. The van der Waals surface area contributed by atoms with Gasteiger partial charge in [0, 0.05) is 11.6 Å². The van der Waals surface area contributed by atoms with Gasteiger partial charge in [-0.3, -0.25) is 4.99 Å². The predicted molar refractivity (Wildman–Crippen MR) is 67.2 cm³/mol. The standard InChI is InChI=1S/C14H19N/c1-4-10-14(2,3)12-15-11-13-8-6-5-7-9-13/h4-9,12H,1,10-11H2,2-3H3. The summed E-state index contributed by atoms with van der Waals surface area (Å²) in [4.78, 5) is 4.46. The van der Waals surface area contributed by atoms with E-state index in [1.807, 2.05) is 30.5 Å². The second kappa shape index (κ2) is 5.50. The molecule has 15 heavy (non-hydrogen) atoms. The maximum Gasteiger partial charge on any atom is 0.0636 e. The van der Waals surface area contributed by atoms with Crippen molar-refractivity contribution < 1.29 is 0 Å². The number of nitrogens with zero attached hydrogens (tertiary/aromatic N) is 1. The highest BCUT2D eigenvalue weighted by Crippen LogP contribution is 2.17. The van der Waals surface area contributed by atoms with Gasteiger partial charge >= 0.3 is 0 Å². The molecular weight excluding hydrogens is 182 g/mol. The van der Waals surface area contributed by atoms with Gasteiger partial charge in [-0.1, -0.05) is 50.3 Å². The van der Waals surface area contributed by atoms with E-state index >= 15 is 0 Å². The summed E-state index contributed by atoms with van der Waals surface area (Å²) in [7, 11) is 0. The minimum Gasteiger partial charge on any atom is -0.292 e. The van der Waals surface area contributed by atoms with Crippen molar-refractivity contribution in [2.75, 3.05) is 0 Å². The second-order valence-electron chi connectivity index (χ2n) is 4.44. The quantitative estimate of drug-likeness (QED) is 0.506. The lowest BCUT2D eigenvalue weighted by molar-refractivity contribution is 0.544. The van der Waals surface area contributed by atoms with Gasteiger partial charge in [0.2, 0.25) is 0 Å². The molecule has 0 unspecified atom stereocenters. The van der Waals surface area contributed by atoms with E-state index < -0.39 is 0 Å². The SMILES string of the molecule is C=CCC(C)(C)C=NCc1ccccc1. The number of hydrogen-bond acceptors (Lipinski definition) is 1. The molecule has 0 aliphatic heterocycles. The van der Waals surface area contributed by atoms with Gasteiger partial charge in [-0.25, -0.2) is 0 Å². The van der Waals surface area contributed by atoms with Crippen molar-refractivity contribution in [3.8, 4) is 0 Å². The highest BCUT2D eigenvalue weighted by molar-refractivity contribution is 5.64. The van der Waals surface area contributed by atoms with Crippen LogP contribution in [0.15, 0.2) is 48.0 Å². The van der Waals surface area contributed by atoms with Crippen molar-refractivity contribution in [2.24, 2.45) is 10.4 Å². The number of benzene rings is 1. The Balaban J connectivity index is 2.49. The number of rotatable bonds is 5. The van der Waals surface area contributed by atoms with E-state index in [0.29, 0.717) is 0 Å². The summed E-state index contributed by atoms with van der Waals surface area (Å²) in [5, 5.41) is 0. The molecule has 1 aromatic rings. The zero-order valence-electron chi connectivity index (χ0n) is 9.61. The number of allylic oxidation sites excluding steroid dienone is 1. The Hall–Kier alpha value is -1.37. The molecule has 1 rings (SSSR count). The Kier molecular flexibility index (Phi) is 4.29. The Labute approximate surface area is 92.6 Å². The van der Waals surface area contributed by atoms with Crippen LogP contribution in [0.1, 0.15) is 25.8 Å². The van der Waals surface area contributed by atoms with Gasteiger partial charge in [-0.2, -0.15) is 0 Å². The molecule has 1 aromatic carbocycles. The molecule has 0 aromatic heterocycles. The summed E-state index contributed by atoms with van der Waals surface area (Å²) in [6, 6.07) is 10.3. The van der Waals surface area contributed by atoms with E-state index in [1.54, 1.807) is 0 Å². The van der Waals surface area contributed by atoms with E-state index in [0.717, 1.165) is 13.0 Å². The average molecular weight is 201 g/mol. The maximum absolute atomic E-state index is 4.46. The first-order valence-electron chi connectivity index (χ1n) is 5.30. The summed E-state index contributed by atoms with van der Waals surface area (Å²) < 4.78 is 0. The molecule has 0 saturated heterocycles. The third-order valence-corrected chi connectivity index (χ3v) is 2.23. The van der Waals surface area contributed by atoms with Crippen LogP contribution in [0.5, 0.6) is 0 Å². The molecule has 0 radical (unpaired) electrons. The molecule has 1 nitrogen and oxygen atoms in total. The fraction of sp³-hybridized carbons (Fsp3) is 0.357. The van der Waals surface area contributed by atoms with E-state index in [-0.39, 0.29) is 5.41 Å². The van der Waals surface area contributed by atoms with Gasteiger partial charge in [-0.05, 0) is 12.0 Å². The normalized spacial score (nSPS) is 11.9. The van der Waals surface area contributed by atoms with Crippen molar-refractivity contribution in [1.29, 1.82) is 0 Å². The van der Waals surface area contributed by atoms with Gasteiger partial charge < -0.3 is 0 Å². The third kappa shape index (κ3) is 4.59. The molecule has 0 saturated carbocycles. The Morgan fingerprint density at radius 2 is 1.93 bits per heavy atom. The molecule has 1 heteroatoms. The second-order valence-corrected chi connectivity index (χ2v) is 4.44. The third-order valence-electron chi connectivity index (χ3n) is 2.23. The highest BCUT2D eigenvalue weighted by Gasteiger charge is 2.11. The Morgan fingerprint density at radius 3 is 2.53 bits per heavy atom. The largest absolute Gasteiger partial charge is 0.292 e. The van der Waals surface area contributed by atoms with E-state index in [9.17, 15) is 0 Å².